The highest BCUT2D eigenvalue weighted by Gasteiger charge is 2.10. The first kappa shape index (κ1) is 13.2. The lowest BCUT2D eigenvalue weighted by Gasteiger charge is -2.06. The summed E-state index contributed by atoms with van der Waals surface area (Å²) >= 11 is 0. The summed E-state index contributed by atoms with van der Waals surface area (Å²) in [6.45, 7) is 1.10. The quantitative estimate of drug-likeness (QED) is 0.724. The molecule has 19 heavy (non-hydrogen) atoms. The molecular formula is C12H15N5O2. The summed E-state index contributed by atoms with van der Waals surface area (Å²) in [5.74, 6) is -0.0323. The number of aromatic nitrogens is 4. The monoisotopic (exact) mass is 261 g/mol. The highest BCUT2D eigenvalue weighted by molar-refractivity contribution is 5.88. The van der Waals surface area contributed by atoms with Crippen LogP contribution in [-0.4, -0.2) is 37.1 Å². The molecule has 0 aliphatic carbocycles. The van der Waals surface area contributed by atoms with Gasteiger partial charge in [0.1, 0.15) is 17.7 Å². The van der Waals surface area contributed by atoms with Gasteiger partial charge < -0.3 is 15.0 Å². The summed E-state index contributed by atoms with van der Waals surface area (Å²) in [5.41, 5.74) is 0.620. The van der Waals surface area contributed by atoms with Crippen molar-refractivity contribution >= 4 is 5.97 Å². The summed E-state index contributed by atoms with van der Waals surface area (Å²) < 4.78 is 1.95. The van der Waals surface area contributed by atoms with E-state index < -0.39 is 5.97 Å². The predicted octanol–water partition coefficient (Wildman–Crippen LogP) is 0.241. The fourth-order valence-electron chi connectivity index (χ4n) is 1.72. The van der Waals surface area contributed by atoms with Crippen molar-refractivity contribution in [2.45, 2.75) is 13.0 Å². The second-order valence-corrected chi connectivity index (χ2v) is 4.07. The second kappa shape index (κ2) is 6.05. The molecule has 2 N–H and O–H groups in total. The number of hydrogen-bond acceptors (Lipinski definition) is 5. The van der Waals surface area contributed by atoms with E-state index in [1.54, 1.807) is 6.20 Å². The van der Waals surface area contributed by atoms with E-state index in [-0.39, 0.29) is 5.56 Å². The van der Waals surface area contributed by atoms with E-state index in [1.807, 2.05) is 17.8 Å². The number of carbonyl (C=O) groups is 1. The van der Waals surface area contributed by atoms with E-state index >= 15 is 0 Å². The SMILES string of the molecule is Cn1ccnc1CCNCc1ncncc1C(=O)O. The van der Waals surface area contributed by atoms with Gasteiger partial charge in [0.25, 0.3) is 0 Å². The van der Waals surface area contributed by atoms with Gasteiger partial charge in [-0.1, -0.05) is 0 Å². The van der Waals surface area contributed by atoms with Gasteiger partial charge in [-0.05, 0) is 0 Å². The Bertz CT molecular complexity index is 567. The number of nitrogens with one attached hydrogen (secondary N) is 1. The van der Waals surface area contributed by atoms with Crippen molar-refractivity contribution in [3.63, 3.8) is 0 Å². The highest BCUT2D eigenvalue weighted by atomic mass is 16.4. The van der Waals surface area contributed by atoms with Gasteiger partial charge in [-0.2, -0.15) is 0 Å². The minimum absolute atomic E-state index is 0.131. The molecule has 0 atom stereocenters. The Labute approximate surface area is 110 Å². The van der Waals surface area contributed by atoms with Crippen molar-refractivity contribution in [3.8, 4) is 0 Å². The molecule has 0 aromatic carbocycles. The largest absolute Gasteiger partial charge is 0.478 e. The Hall–Kier alpha value is -2.28. The summed E-state index contributed by atoms with van der Waals surface area (Å²) in [4.78, 5) is 22.9. The van der Waals surface area contributed by atoms with Crippen LogP contribution in [-0.2, 0) is 20.0 Å². The fraction of sp³-hybridized carbons (Fsp3) is 0.333. The molecule has 7 heteroatoms. The molecule has 2 rings (SSSR count). The maximum atomic E-state index is 11.0. The molecule has 0 aliphatic heterocycles. The van der Waals surface area contributed by atoms with Crippen LogP contribution < -0.4 is 5.32 Å². The van der Waals surface area contributed by atoms with Gasteiger partial charge in [-0.25, -0.2) is 19.7 Å². The number of aromatic carboxylic acids is 1. The Kier molecular flexibility index (Phi) is 4.19. The summed E-state index contributed by atoms with van der Waals surface area (Å²) in [7, 11) is 1.94. The number of carboxylic acids is 1. The molecule has 0 unspecified atom stereocenters. The average molecular weight is 261 g/mol. The molecule has 0 fully saturated rings. The van der Waals surface area contributed by atoms with Crippen molar-refractivity contribution in [2.75, 3.05) is 6.54 Å². The number of imidazole rings is 1. The summed E-state index contributed by atoms with van der Waals surface area (Å²) in [6, 6.07) is 0. The van der Waals surface area contributed by atoms with Gasteiger partial charge in [0.2, 0.25) is 0 Å². The van der Waals surface area contributed by atoms with Crippen molar-refractivity contribution in [2.24, 2.45) is 7.05 Å². The highest BCUT2D eigenvalue weighted by Crippen LogP contribution is 2.03. The Morgan fingerprint density at radius 2 is 2.32 bits per heavy atom. The van der Waals surface area contributed by atoms with Gasteiger partial charge in [-0.15, -0.1) is 0 Å². The van der Waals surface area contributed by atoms with Crippen LogP contribution in [0.5, 0.6) is 0 Å². The van der Waals surface area contributed by atoms with Crippen molar-refractivity contribution in [1.82, 2.24) is 24.8 Å². The minimum atomic E-state index is -1.01. The lowest BCUT2D eigenvalue weighted by Crippen LogP contribution is -2.20. The Morgan fingerprint density at radius 1 is 1.47 bits per heavy atom. The molecule has 0 spiro atoms. The average Bonchev–Trinajstić information content (AvgIpc) is 2.80. The van der Waals surface area contributed by atoms with Crippen LogP contribution in [0.2, 0.25) is 0 Å². The third kappa shape index (κ3) is 3.35. The molecule has 0 radical (unpaired) electrons. The lowest BCUT2D eigenvalue weighted by atomic mass is 10.2. The third-order valence-corrected chi connectivity index (χ3v) is 2.76. The maximum absolute atomic E-state index is 11.0. The zero-order valence-corrected chi connectivity index (χ0v) is 10.6. The van der Waals surface area contributed by atoms with E-state index in [0.717, 1.165) is 12.2 Å². The molecule has 2 heterocycles. The van der Waals surface area contributed by atoms with Gasteiger partial charge >= 0.3 is 5.97 Å². The Morgan fingerprint density at radius 3 is 3.00 bits per heavy atom. The van der Waals surface area contributed by atoms with E-state index in [0.29, 0.717) is 18.8 Å². The van der Waals surface area contributed by atoms with Gasteiger partial charge in [-0.3, -0.25) is 0 Å². The molecule has 7 nitrogen and oxygen atoms in total. The van der Waals surface area contributed by atoms with Gasteiger partial charge in [0, 0.05) is 45.1 Å². The number of carboxylic acid groups (broad SMARTS) is 1. The van der Waals surface area contributed by atoms with Crippen molar-refractivity contribution in [3.05, 3.63) is 42.0 Å². The molecule has 2 aromatic rings. The molecule has 0 saturated carbocycles. The predicted molar refractivity (Wildman–Crippen MR) is 67.6 cm³/mol. The third-order valence-electron chi connectivity index (χ3n) is 2.76. The fourth-order valence-corrected chi connectivity index (χ4v) is 1.72. The number of rotatable bonds is 6. The normalized spacial score (nSPS) is 10.6. The number of aryl methyl sites for hydroxylation is 1. The molecule has 100 valence electrons. The van der Waals surface area contributed by atoms with Crippen LogP contribution in [0.25, 0.3) is 0 Å². The van der Waals surface area contributed by atoms with Crippen LogP contribution in [0.3, 0.4) is 0 Å². The van der Waals surface area contributed by atoms with E-state index in [4.69, 9.17) is 5.11 Å². The van der Waals surface area contributed by atoms with Gasteiger partial charge in [0.05, 0.1) is 5.69 Å². The van der Waals surface area contributed by atoms with Gasteiger partial charge in [0.15, 0.2) is 0 Å². The zero-order valence-electron chi connectivity index (χ0n) is 10.6. The van der Waals surface area contributed by atoms with Crippen LogP contribution >= 0.6 is 0 Å². The topological polar surface area (TPSA) is 92.9 Å². The molecule has 0 amide bonds. The lowest BCUT2D eigenvalue weighted by molar-refractivity contribution is 0.0694. The standard InChI is InChI=1S/C12H15N5O2/c1-17-5-4-15-11(17)2-3-13-7-10-9(12(18)19)6-14-8-16-10/h4-6,8,13H,2-3,7H2,1H3,(H,18,19). The van der Waals surface area contributed by atoms with Crippen LogP contribution in [0.1, 0.15) is 21.9 Å². The van der Waals surface area contributed by atoms with Crippen molar-refractivity contribution < 1.29 is 9.90 Å². The van der Waals surface area contributed by atoms with Crippen LogP contribution in [0, 0.1) is 0 Å². The van der Waals surface area contributed by atoms with E-state index in [2.05, 4.69) is 20.3 Å². The minimum Gasteiger partial charge on any atom is -0.478 e. The Balaban J connectivity index is 1.86. The van der Waals surface area contributed by atoms with E-state index in [9.17, 15) is 4.79 Å². The van der Waals surface area contributed by atoms with Crippen LogP contribution in [0.4, 0.5) is 0 Å². The first-order valence-electron chi connectivity index (χ1n) is 5.87. The van der Waals surface area contributed by atoms with E-state index in [1.165, 1.54) is 12.5 Å². The second-order valence-electron chi connectivity index (χ2n) is 4.07. The van der Waals surface area contributed by atoms with Crippen molar-refractivity contribution in [1.29, 1.82) is 0 Å². The van der Waals surface area contributed by atoms with Crippen LogP contribution in [0.15, 0.2) is 24.9 Å². The maximum Gasteiger partial charge on any atom is 0.339 e. The molecule has 2 aromatic heterocycles. The number of hydrogen-bond donors (Lipinski definition) is 2. The summed E-state index contributed by atoms with van der Waals surface area (Å²) in [6.07, 6.45) is 7.08. The molecule has 0 aliphatic rings. The molecule has 0 saturated heterocycles. The smallest absolute Gasteiger partial charge is 0.339 e. The first-order chi connectivity index (χ1) is 9.18. The summed E-state index contributed by atoms with van der Waals surface area (Å²) in [5, 5.41) is 12.1. The zero-order chi connectivity index (χ0) is 13.7. The number of nitrogens with zero attached hydrogens (tertiary/aromatic N) is 4. The molecule has 0 bridgehead atoms. The molecular weight excluding hydrogens is 246 g/mol. The first-order valence-corrected chi connectivity index (χ1v) is 5.87.